The molecule has 2 aromatic carbocycles. The Labute approximate surface area is 109 Å². The molecule has 0 aliphatic rings. The molecule has 2 N–H and O–H groups in total. The van der Waals surface area contributed by atoms with Gasteiger partial charge in [-0.15, -0.1) is 0 Å². The Morgan fingerprint density at radius 2 is 1.50 bits per heavy atom. The summed E-state index contributed by atoms with van der Waals surface area (Å²) in [4.78, 5) is 2.09. The molecule has 0 heterocycles. The third-order valence-corrected chi connectivity index (χ3v) is 3.60. The summed E-state index contributed by atoms with van der Waals surface area (Å²) in [6.45, 7) is 0. The Morgan fingerprint density at radius 1 is 0.875 bits per heavy atom. The Morgan fingerprint density at radius 3 is 2.12 bits per heavy atom. The first kappa shape index (κ1) is 11.6. The van der Waals surface area contributed by atoms with Crippen molar-refractivity contribution in [2.75, 3.05) is 5.73 Å². The lowest BCUT2D eigenvalue weighted by molar-refractivity contribution is 1.41. The van der Waals surface area contributed by atoms with Gasteiger partial charge in [0.15, 0.2) is 0 Å². The summed E-state index contributed by atoms with van der Waals surface area (Å²) in [5.74, 6) is 0. The van der Waals surface area contributed by atoms with Gasteiger partial charge < -0.3 is 5.73 Å². The van der Waals surface area contributed by atoms with Gasteiger partial charge in [0, 0.05) is 25.5 Å². The summed E-state index contributed by atoms with van der Waals surface area (Å²) in [5.41, 5.74) is 6.56. The number of halogens is 2. The molecule has 0 saturated heterocycles. The highest BCUT2D eigenvalue weighted by atomic mass is 35.5. The summed E-state index contributed by atoms with van der Waals surface area (Å²) in [5, 5.41) is 1.38. The Kier molecular flexibility index (Phi) is 3.64. The molecule has 16 heavy (non-hydrogen) atoms. The Balaban J connectivity index is 2.23. The van der Waals surface area contributed by atoms with E-state index in [2.05, 4.69) is 0 Å². The molecule has 0 amide bonds. The number of rotatable bonds is 2. The molecular weight excluding hydrogens is 261 g/mol. The molecule has 0 aliphatic carbocycles. The maximum atomic E-state index is 5.87. The van der Waals surface area contributed by atoms with E-state index in [1.807, 2.05) is 36.4 Å². The van der Waals surface area contributed by atoms with E-state index in [1.54, 1.807) is 17.8 Å². The fourth-order valence-corrected chi connectivity index (χ4v) is 2.39. The minimum absolute atomic E-state index is 0.651. The van der Waals surface area contributed by atoms with Crippen molar-refractivity contribution < 1.29 is 0 Å². The fraction of sp³-hybridized carbons (Fsp3) is 0. The lowest BCUT2D eigenvalue weighted by atomic mass is 10.3. The lowest BCUT2D eigenvalue weighted by Gasteiger charge is -2.05. The number of hydrogen-bond donors (Lipinski definition) is 1. The van der Waals surface area contributed by atoms with Crippen LogP contribution in [-0.2, 0) is 0 Å². The van der Waals surface area contributed by atoms with Crippen LogP contribution in [0.1, 0.15) is 0 Å². The fourth-order valence-electron chi connectivity index (χ4n) is 1.24. The molecule has 4 heteroatoms. The van der Waals surface area contributed by atoms with E-state index in [0.29, 0.717) is 10.7 Å². The third-order valence-electron chi connectivity index (χ3n) is 2.01. The van der Waals surface area contributed by atoms with Gasteiger partial charge in [-0.25, -0.2) is 0 Å². The number of anilines is 1. The van der Waals surface area contributed by atoms with Gasteiger partial charge in [0.25, 0.3) is 0 Å². The van der Waals surface area contributed by atoms with Gasteiger partial charge in [-0.3, -0.25) is 0 Å². The normalized spacial score (nSPS) is 10.4. The van der Waals surface area contributed by atoms with Crippen molar-refractivity contribution in [2.45, 2.75) is 9.79 Å². The van der Waals surface area contributed by atoms with Crippen molar-refractivity contribution in [3.63, 3.8) is 0 Å². The van der Waals surface area contributed by atoms with Crippen LogP contribution in [0, 0.1) is 0 Å². The zero-order chi connectivity index (χ0) is 11.5. The van der Waals surface area contributed by atoms with Gasteiger partial charge in [0.1, 0.15) is 0 Å². The molecule has 0 radical (unpaired) electrons. The summed E-state index contributed by atoms with van der Waals surface area (Å²) < 4.78 is 0. The average molecular weight is 270 g/mol. The zero-order valence-electron chi connectivity index (χ0n) is 8.28. The first-order chi connectivity index (χ1) is 7.65. The number of hydrogen-bond acceptors (Lipinski definition) is 2. The monoisotopic (exact) mass is 269 g/mol. The van der Waals surface area contributed by atoms with E-state index < -0.39 is 0 Å². The van der Waals surface area contributed by atoms with Crippen molar-refractivity contribution in [3.05, 3.63) is 52.5 Å². The minimum atomic E-state index is 0.651. The largest absolute Gasteiger partial charge is 0.398 e. The first-order valence-electron chi connectivity index (χ1n) is 4.63. The van der Waals surface area contributed by atoms with Gasteiger partial charge in [0.05, 0.1) is 0 Å². The first-order valence-corrected chi connectivity index (χ1v) is 6.21. The topological polar surface area (TPSA) is 26.0 Å². The minimum Gasteiger partial charge on any atom is -0.398 e. The molecule has 0 spiro atoms. The van der Waals surface area contributed by atoms with Crippen LogP contribution in [-0.4, -0.2) is 0 Å². The third kappa shape index (κ3) is 2.85. The molecule has 0 unspecified atom stereocenters. The van der Waals surface area contributed by atoms with E-state index in [9.17, 15) is 0 Å². The van der Waals surface area contributed by atoms with E-state index in [-0.39, 0.29) is 0 Å². The van der Waals surface area contributed by atoms with Crippen molar-refractivity contribution in [1.29, 1.82) is 0 Å². The van der Waals surface area contributed by atoms with Crippen molar-refractivity contribution >= 4 is 40.7 Å². The van der Waals surface area contributed by atoms with Crippen LogP contribution in [0.15, 0.2) is 52.3 Å². The van der Waals surface area contributed by atoms with Crippen molar-refractivity contribution in [3.8, 4) is 0 Å². The van der Waals surface area contributed by atoms with Crippen LogP contribution >= 0.6 is 35.0 Å². The van der Waals surface area contributed by atoms with Gasteiger partial charge >= 0.3 is 0 Å². The second-order valence-corrected chi connectivity index (χ2v) is 5.23. The predicted octanol–water partition coefficient (Wildman–Crippen LogP) is 4.73. The highest BCUT2D eigenvalue weighted by Gasteiger charge is 2.02. The molecule has 2 aromatic rings. The average Bonchev–Trinajstić information content (AvgIpc) is 2.25. The highest BCUT2D eigenvalue weighted by molar-refractivity contribution is 7.99. The summed E-state index contributed by atoms with van der Waals surface area (Å²) in [7, 11) is 0. The molecular formula is C12H9Cl2NS. The number of nitrogen functional groups attached to an aromatic ring is 1. The van der Waals surface area contributed by atoms with Crippen LogP contribution in [0.4, 0.5) is 5.69 Å². The number of nitrogens with two attached hydrogens (primary N) is 1. The molecule has 0 saturated carbocycles. The molecule has 0 aliphatic heterocycles. The molecule has 82 valence electrons. The standard InChI is InChI=1S/C12H9Cl2NS/c13-8-1-4-10(5-2-8)16-12-6-3-9(14)7-11(12)15/h1-7H,15H2. The van der Waals surface area contributed by atoms with Gasteiger partial charge in [0.2, 0.25) is 0 Å². The molecule has 0 fully saturated rings. The number of benzene rings is 2. The van der Waals surface area contributed by atoms with E-state index in [1.165, 1.54) is 0 Å². The molecule has 0 aromatic heterocycles. The molecule has 0 atom stereocenters. The maximum Gasteiger partial charge on any atom is 0.0470 e. The highest BCUT2D eigenvalue weighted by Crippen LogP contribution is 2.33. The van der Waals surface area contributed by atoms with Crippen LogP contribution in [0.25, 0.3) is 0 Å². The van der Waals surface area contributed by atoms with Gasteiger partial charge in [-0.05, 0) is 42.5 Å². The predicted molar refractivity (Wildman–Crippen MR) is 71.4 cm³/mol. The molecule has 0 bridgehead atoms. The second-order valence-electron chi connectivity index (χ2n) is 3.24. The Hall–Kier alpha value is -0.830. The van der Waals surface area contributed by atoms with Crippen LogP contribution < -0.4 is 5.73 Å². The maximum absolute atomic E-state index is 5.87. The SMILES string of the molecule is Nc1cc(Cl)ccc1Sc1ccc(Cl)cc1. The smallest absolute Gasteiger partial charge is 0.0470 e. The quantitative estimate of drug-likeness (QED) is 0.798. The summed E-state index contributed by atoms with van der Waals surface area (Å²) in [6, 6.07) is 13.1. The summed E-state index contributed by atoms with van der Waals surface area (Å²) >= 11 is 13.2. The van der Waals surface area contributed by atoms with Gasteiger partial charge in [-0.2, -0.15) is 0 Å². The van der Waals surface area contributed by atoms with Gasteiger partial charge in [-0.1, -0.05) is 35.0 Å². The van der Waals surface area contributed by atoms with Crippen molar-refractivity contribution in [1.82, 2.24) is 0 Å². The Bertz CT molecular complexity index is 497. The van der Waals surface area contributed by atoms with Crippen molar-refractivity contribution in [2.24, 2.45) is 0 Å². The van der Waals surface area contributed by atoms with E-state index in [0.717, 1.165) is 14.8 Å². The lowest BCUT2D eigenvalue weighted by Crippen LogP contribution is -1.87. The second kappa shape index (κ2) is 5.00. The molecule has 2 rings (SSSR count). The van der Waals surface area contributed by atoms with Crippen LogP contribution in [0.5, 0.6) is 0 Å². The summed E-state index contributed by atoms with van der Waals surface area (Å²) in [6.07, 6.45) is 0. The zero-order valence-corrected chi connectivity index (χ0v) is 10.6. The van der Waals surface area contributed by atoms with E-state index >= 15 is 0 Å². The van der Waals surface area contributed by atoms with Crippen LogP contribution in [0.2, 0.25) is 10.0 Å². The molecule has 1 nitrogen and oxygen atoms in total. The van der Waals surface area contributed by atoms with E-state index in [4.69, 9.17) is 28.9 Å². The van der Waals surface area contributed by atoms with Crippen LogP contribution in [0.3, 0.4) is 0 Å².